The standard InChI is InChI=1S/C21H27NO4.C2H6/c1-2-24-20(23)18-12-17-13-21(25-10-11-26-21)9-8-19(17)22(15-18)14-16-6-4-3-5-7-16;1-2/h3-7,18H,2,8-15H2,1H3;1-2H3. The maximum absolute atomic E-state index is 12.4. The number of esters is 1. The van der Waals surface area contributed by atoms with Crippen LogP contribution in [0.3, 0.4) is 0 Å². The van der Waals surface area contributed by atoms with Crippen molar-refractivity contribution in [3.05, 3.63) is 47.2 Å². The number of carbonyl (C=O) groups is 1. The SMILES string of the molecule is CC.CCOC(=O)C1CC2=C(CCC3(C2)OCCO3)N(Cc2ccccc2)C1. The first-order valence-electron chi connectivity index (χ1n) is 10.6. The fourth-order valence-corrected chi connectivity index (χ4v) is 4.44. The number of allylic oxidation sites excluding steroid dienone is 1. The van der Waals surface area contributed by atoms with Gasteiger partial charge < -0.3 is 19.1 Å². The molecule has 1 spiro atoms. The van der Waals surface area contributed by atoms with Crippen LogP contribution in [0.4, 0.5) is 0 Å². The molecule has 1 aliphatic carbocycles. The Bertz CT molecular complexity index is 679. The molecule has 1 atom stereocenters. The Hall–Kier alpha value is -1.85. The molecule has 3 aliphatic rings. The molecule has 1 unspecified atom stereocenters. The molecule has 1 saturated heterocycles. The molecule has 2 heterocycles. The number of carbonyl (C=O) groups excluding carboxylic acids is 1. The van der Waals surface area contributed by atoms with Crippen LogP contribution in [-0.2, 0) is 25.5 Å². The Balaban J connectivity index is 0.00000109. The van der Waals surface area contributed by atoms with Gasteiger partial charge >= 0.3 is 5.97 Å². The lowest BCUT2D eigenvalue weighted by atomic mass is 9.81. The summed E-state index contributed by atoms with van der Waals surface area (Å²) in [5.41, 5.74) is 3.94. The second kappa shape index (κ2) is 9.57. The fourth-order valence-electron chi connectivity index (χ4n) is 4.44. The van der Waals surface area contributed by atoms with E-state index in [0.717, 1.165) is 38.8 Å². The van der Waals surface area contributed by atoms with Gasteiger partial charge in [0.15, 0.2) is 5.79 Å². The lowest BCUT2D eigenvalue weighted by Gasteiger charge is -2.43. The summed E-state index contributed by atoms with van der Waals surface area (Å²) in [4.78, 5) is 14.8. The summed E-state index contributed by atoms with van der Waals surface area (Å²) in [6.45, 7) is 9.17. The van der Waals surface area contributed by atoms with Crippen LogP contribution in [0.5, 0.6) is 0 Å². The highest BCUT2D eigenvalue weighted by Gasteiger charge is 2.44. The van der Waals surface area contributed by atoms with Crippen LogP contribution in [0.15, 0.2) is 41.6 Å². The molecule has 4 rings (SSSR count). The number of benzene rings is 1. The monoisotopic (exact) mass is 387 g/mol. The summed E-state index contributed by atoms with van der Waals surface area (Å²) in [6, 6.07) is 10.4. The van der Waals surface area contributed by atoms with Gasteiger partial charge in [0, 0.05) is 31.6 Å². The average molecular weight is 388 g/mol. The van der Waals surface area contributed by atoms with Gasteiger partial charge in [-0.15, -0.1) is 0 Å². The summed E-state index contributed by atoms with van der Waals surface area (Å²) >= 11 is 0. The van der Waals surface area contributed by atoms with Crippen LogP contribution < -0.4 is 0 Å². The van der Waals surface area contributed by atoms with Crippen LogP contribution in [0.1, 0.15) is 52.0 Å². The first kappa shape index (κ1) is 20.9. The van der Waals surface area contributed by atoms with Crippen molar-refractivity contribution in [2.75, 3.05) is 26.4 Å². The van der Waals surface area contributed by atoms with E-state index >= 15 is 0 Å². The highest BCUT2D eigenvalue weighted by Crippen LogP contribution is 2.44. The van der Waals surface area contributed by atoms with Crippen molar-refractivity contribution in [1.29, 1.82) is 0 Å². The van der Waals surface area contributed by atoms with Gasteiger partial charge in [0.1, 0.15) is 0 Å². The summed E-state index contributed by atoms with van der Waals surface area (Å²) in [7, 11) is 0. The molecule has 1 fully saturated rings. The predicted molar refractivity (Wildman–Crippen MR) is 108 cm³/mol. The molecular weight excluding hydrogens is 354 g/mol. The van der Waals surface area contributed by atoms with Crippen molar-refractivity contribution >= 4 is 5.97 Å². The number of hydrogen-bond donors (Lipinski definition) is 0. The van der Waals surface area contributed by atoms with E-state index in [1.54, 1.807) is 0 Å². The van der Waals surface area contributed by atoms with E-state index in [9.17, 15) is 4.79 Å². The highest BCUT2D eigenvalue weighted by atomic mass is 16.7. The van der Waals surface area contributed by atoms with E-state index in [0.29, 0.717) is 19.8 Å². The van der Waals surface area contributed by atoms with Gasteiger partial charge in [0.25, 0.3) is 0 Å². The van der Waals surface area contributed by atoms with Gasteiger partial charge in [0.2, 0.25) is 0 Å². The maximum atomic E-state index is 12.4. The van der Waals surface area contributed by atoms with Gasteiger partial charge in [-0.1, -0.05) is 44.2 Å². The van der Waals surface area contributed by atoms with Gasteiger partial charge in [-0.05, 0) is 30.9 Å². The summed E-state index contributed by atoms with van der Waals surface area (Å²) < 4.78 is 17.2. The molecule has 1 aromatic carbocycles. The van der Waals surface area contributed by atoms with E-state index in [2.05, 4.69) is 29.2 Å². The molecule has 0 amide bonds. The highest BCUT2D eigenvalue weighted by molar-refractivity contribution is 5.73. The van der Waals surface area contributed by atoms with E-state index in [1.807, 2.05) is 26.8 Å². The van der Waals surface area contributed by atoms with E-state index in [4.69, 9.17) is 14.2 Å². The lowest BCUT2D eigenvalue weighted by molar-refractivity contribution is -0.168. The Kier molecular flexibility index (Phi) is 7.13. The number of hydrogen-bond acceptors (Lipinski definition) is 5. The van der Waals surface area contributed by atoms with E-state index < -0.39 is 5.79 Å². The molecule has 5 nitrogen and oxygen atoms in total. The first-order chi connectivity index (χ1) is 13.7. The van der Waals surface area contributed by atoms with E-state index in [-0.39, 0.29) is 11.9 Å². The fraction of sp³-hybridized carbons (Fsp3) is 0.609. The van der Waals surface area contributed by atoms with Crippen molar-refractivity contribution in [1.82, 2.24) is 4.90 Å². The van der Waals surface area contributed by atoms with Crippen LogP contribution >= 0.6 is 0 Å². The Labute approximate surface area is 168 Å². The minimum Gasteiger partial charge on any atom is -0.466 e. The van der Waals surface area contributed by atoms with Crippen molar-refractivity contribution in [3.8, 4) is 0 Å². The summed E-state index contributed by atoms with van der Waals surface area (Å²) in [5.74, 6) is -0.674. The Morgan fingerprint density at radius 3 is 2.61 bits per heavy atom. The summed E-state index contributed by atoms with van der Waals surface area (Å²) in [5, 5.41) is 0. The molecule has 0 radical (unpaired) electrons. The Morgan fingerprint density at radius 2 is 1.93 bits per heavy atom. The Morgan fingerprint density at radius 1 is 1.21 bits per heavy atom. The molecule has 0 aromatic heterocycles. The zero-order valence-electron chi connectivity index (χ0n) is 17.4. The summed E-state index contributed by atoms with van der Waals surface area (Å²) in [6.07, 6.45) is 3.36. The van der Waals surface area contributed by atoms with E-state index in [1.165, 1.54) is 16.8 Å². The number of nitrogens with zero attached hydrogens (tertiary/aromatic N) is 1. The zero-order valence-corrected chi connectivity index (χ0v) is 17.4. The minimum absolute atomic E-state index is 0.0926. The molecular formula is C23H33NO4. The van der Waals surface area contributed by atoms with Crippen LogP contribution in [0.25, 0.3) is 0 Å². The van der Waals surface area contributed by atoms with Crippen molar-refractivity contribution in [2.24, 2.45) is 5.92 Å². The van der Waals surface area contributed by atoms with Crippen LogP contribution in [-0.4, -0.2) is 43.0 Å². The van der Waals surface area contributed by atoms with Crippen molar-refractivity contribution < 1.29 is 19.0 Å². The van der Waals surface area contributed by atoms with Gasteiger partial charge in [-0.3, -0.25) is 4.79 Å². The minimum atomic E-state index is -0.464. The quantitative estimate of drug-likeness (QED) is 0.722. The largest absolute Gasteiger partial charge is 0.466 e. The topological polar surface area (TPSA) is 48.0 Å². The maximum Gasteiger partial charge on any atom is 0.311 e. The number of rotatable bonds is 4. The predicted octanol–water partition coefficient (Wildman–Crippen LogP) is 4.28. The number of ether oxygens (including phenoxy) is 3. The third-order valence-electron chi connectivity index (χ3n) is 5.60. The molecule has 0 bridgehead atoms. The lowest BCUT2D eigenvalue weighted by Crippen LogP contribution is -2.43. The molecule has 1 aromatic rings. The first-order valence-corrected chi connectivity index (χ1v) is 10.6. The molecule has 28 heavy (non-hydrogen) atoms. The van der Waals surface area contributed by atoms with Crippen molar-refractivity contribution in [2.45, 2.75) is 58.8 Å². The third-order valence-corrected chi connectivity index (χ3v) is 5.60. The third kappa shape index (κ3) is 4.58. The second-order valence-electron chi connectivity index (χ2n) is 7.35. The molecule has 5 heteroatoms. The molecule has 0 N–H and O–H groups in total. The molecule has 0 saturated carbocycles. The van der Waals surface area contributed by atoms with Gasteiger partial charge in [-0.25, -0.2) is 0 Å². The molecule has 2 aliphatic heterocycles. The van der Waals surface area contributed by atoms with Crippen LogP contribution in [0, 0.1) is 5.92 Å². The van der Waals surface area contributed by atoms with Gasteiger partial charge in [0.05, 0.1) is 25.7 Å². The normalized spacial score (nSPS) is 23.1. The molecule has 154 valence electrons. The zero-order chi connectivity index (χ0) is 20.0. The van der Waals surface area contributed by atoms with Gasteiger partial charge in [-0.2, -0.15) is 0 Å². The second-order valence-corrected chi connectivity index (χ2v) is 7.35. The van der Waals surface area contributed by atoms with Crippen LogP contribution in [0.2, 0.25) is 0 Å². The smallest absolute Gasteiger partial charge is 0.311 e. The van der Waals surface area contributed by atoms with Crippen molar-refractivity contribution in [3.63, 3.8) is 0 Å². The average Bonchev–Trinajstić information content (AvgIpc) is 3.17.